The first-order valence-corrected chi connectivity index (χ1v) is 6.11. The number of hydrogen-bond acceptors (Lipinski definition) is 4. The van der Waals surface area contributed by atoms with Crippen molar-refractivity contribution in [3.8, 4) is 5.75 Å². The van der Waals surface area contributed by atoms with Crippen LogP contribution in [0.4, 0.5) is 4.39 Å². The van der Waals surface area contributed by atoms with E-state index in [2.05, 4.69) is 4.98 Å². The predicted molar refractivity (Wildman–Crippen MR) is 65.4 cm³/mol. The molecule has 0 aliphatic rings. The molecule has 1 atom stereocenters. The second kappa shape index (κ2) is 5.25. The molecule has 0 amide bonds. The smallest absolute Gasteiger partial charge is 0.140 e. The molecule has 0 radical (unpaired) electrons. The molecule has 1 unspecified atom stereocenters. The van der Waals surface area contributed by atoms with Crippen LogP contribution in [0.25, 0.3) is 0 Å². The topological polar surface area (TPSA) is 48.1 Å². The highest BCUT2D eigenvalue weighted by molar-refractivity contribution is 7.09. The van der Waals surface area contributed by atoms with Gasteiger partial charge in [-0.25, -0.2) is 9.37 Å². The standard InChI is InChI=1S/C12H13FN2OS/c1-8(14)10-3-2-9(6-11(10)13)16-7-12-15-4-5-17-12/h2-6,8H,7,14H2,1H3. The molecular formula is C12H13FN2OS. The van der Waals surface area contributed by atoms with Gasteiger partial charge in [0.05, 0.1) is 0 Å². The van der Waals surface area contributed by atoms with E-state index in [1.807, 2.05) is 5.38 Å². The van der Waals surface area contributed by atoms with Crippen LogP contribution in [0, 0.1) is 5.82 Å². The Morgan fingerprint density at radius 1 is 1.53 bits per heavy atom. The van der Waals surface area contributed by atoms with Gasteiger partial charge in [-0.1, -0.05) is 6.07 Å². The van der Waals surface area contributed by atoms with Crippen molar-refractivity contribution >= 4 is 11.3 Å². The summed E-state index contributed by atoms with van der Waals surface area (Å²) in [6.07, 6.45) is 1.71. The number of halogens is 1. The number of nitrogens with two attached hydrogens (primary N) is 1. The second-order valence-corrected chi connectivity index (χ2v) is 4.67. The van der Waals surface area contributed by atoms with Gasteiger partial charge in [-0.2, -0.15) is 0 Å². The summed E-state index contributed by atoms with van der Waals surface area (Å²) in [5.74, 6) is 0.152. The second-order valence-electron chi connectivity index (χ2n) is 3.69. The summed E-state index contributed by atoms with van der Waals surface area (Å²) in [6, 6.07) is 4.40. The van der Waals surface area contributed by atoms with Crippen molar-refractivity contribution in [1.82, 2.24) is 4.98 Å². The molecule has 17 heavy (non-hydrogen) atoms. The van der Waals surface area contributed by atoms with Crippen molar-refractivity contribution in [1.29, 1.82) is 0 Å². The third-order valence-corrected chi connectivity index (χ3v) is 3.06. The summed E-state index contributed by atoms with van der Waals surface area (Å²) < 4.78 is 19.0. The molecule has 90 valence electrons. The fraction of sp³-hybridized carbons (Fsp3) is 0.250. The van der Waals surface area contributed by atoms with Crippen molar-refractivity contribution in [3.05, 3.63) is 46.2 Å². The Labute approximate surface area is 103 Å². The van der Waals surface area contributed by atoms with Gasteiger partial charge in [0, 0.05) is 29.2 Å². The molecule has 1 heterocycles. The molecule has 0 aliphatic carbocycles. The van der Waals surface area contributed by atoms with Crippen LogP contribution in [0.1, 0.15) is 23.5 Å². The van der Waals surface area contributed by atoms with Gasteiger partial charge in [0.1, 0.15) is 23.2 Å². The average molecular weight is 252 g/mol. The molecule has 3 nitrogen and oxygen atoms in total. The fourth-order valence-corrected chi connectivity index (χ4v) is 1.96. The van der Waals surface area contributed by atoms with Gasteiger partial charge in [-0.05, 0) is 13.0 Å². The van der Waals surface area contributed by atoms with Crippen LogP contribution in [0.2, 0.25) is 0 Å². The Morgan fingerprint density at radius 3 is 2.94 bits per heavy atom. The van der Waals surface area contributed by atoms with Crippen LogP contribution in [0.3, 0.4) is 0 Å². The fourth-order valence-electron chi connectivity index (χ4n) is 1.44. The van der Waals surface area contributed by atoms with E-state index in [4.69, 9.17) is 10.5 Å². The molecule has 0 spiro atoms. The highest BCUT2D eigenvalue weighted by Crippen LogP contribution is 2.21. The maximum atomic E-state index is 13.6. The molecule has 2 rings (SSSR count). The molecule has 0 saturated carbocycles. The molecule has 0 fully saturated rings. The number of thiazole rings is 1. The highest BCUT2D eigenvalue weighted by atomic mass is 32.1. The first-order valence-electron chi connectivity index (χ1n) is 5.23. The van der Waals surface area contributed by atoms with E-state index >= 15 is 0 Å². The summed E-state index contributed by atoms with van der Waals surface area (Å²) in [7, 11) is 0. The minimum Gasteiger partial charge on any atom is -0.486 e. The van der Waals surface area contributed by atoms with Crippen LogP contribution in [-0.2, 0) is 6.61 Å². The number of benzene rings is 1. The van der Waals surface area contributed by atoms with Gasteiger partial charge >= 0.3 is 0 Å². The lowest BCUT2D eigenvalue weighted by Gasteiger charge is -2.09. The van der Waals surface area contributed by atoms with E-state index in [1.165, 1.54) is 17.4 Å². The Hall–Kier alpha value is -1.46. The zero-order valence-corrected chi connectivity index (χ0v) is 10.2. The maximum absolute atomic E-state index is 13.6. The van der Waals surface area contributed by atoms with Crippen LogP contribution < -0.4 is 10.5 Å². The summed E-state index contributed by atoms with van der Waals surface area (Å²) in [6.45, 7) is 2.10. The Kier molecular flexibility index (Phi) is 3.71. The van der Waals surface area contributed by atoms with Gasteiger partial charge < -0.3 is 10.5 Å². The summed E-state index contributed by atoms with van der Waals surface area (Å²) in [5.41, 5.74) is 6.12. The lowest BCUT2D eigenvalue weighted by molar-refractivity contribution is 0.303. The monoisotopic (exact) mass is 252 g/mol. The van der Waals surface area contributed by atoms with Gasteiger partial charge in [0.15, 0.2) is 0 Å². The zero-order chi connectivity index (χ0) is 12.3. The van der Waals surface area contributed by atoms with E-state index in [-0.39, 0.29) is 11.9 Å². The third-order valence-electron chi connectivity index (χ3n) is 2.31. The van der Waals surface area contributed by atoms with E-state index < -0.39 is 0 Å². The normalized spacial score (nSPS) is 12.4. The largest absolute Gasteiger partial charge is 0.486 e. The van der Waals surface area contributed by atoms with Gasteiger partial charge in [0.2, 0.25) is 0 Å². The minimum absolute atomic E-state index is 0.317. The average Bonchev–Trinajstić information content (AvgIpc) is 2.78. The van der Waals surface area contributed by atoms with E-state index in [0.29, 0.717) is 17.9 Å². The van der Waals surface area contributed by atoms with Crippen molar-refractivity contribution in [2.75, 3.05) is 0 Å². The van der Waals surface area contributed by atoms with Crippen molar-refractivity contribution < 1.29 is 9.13 Å². The SMILES string of the molecule is CC(N)c1ccc(OCc2nccs2)cc1F. The molecule has 1 aromatic heterocycles. The van der Waals surface area contributed by atoms with Gasteiger partial charge in [0.25, 0.3) is 0 Å². The van der Waals surface area contributed by atoms with Gasteiger partial charge in [-0.3, -0.25) is 0 Å². The lowest BCUT2D eigenvalue weighted by Crippen LogP contribution is -2.07. The van der Waals surface area contributed by atoms with Gasteiger partial charge in [-0.15, -0.1) is 11.3 Å². The van der Waals surface area contributed by atoms with Crippen molar-refractivity contribution in [2.24, 2.45) is 5.73 Å². The number of hydrogen-bond donors (Lipinski definition) is 1. The number of rotatable bonds is 4. The molecule has 1 aromatic carbocycles. The van der Waals surface area contributed by atoms with Crippen LogP contribution in [0.15, 0.2) is 29.8 Å². The quantitative estimate of drug-likeness (QED) is 0.910. The zero-order valence-electron chi connectivity index (χ0n) is 9.39. The molecule has 2 aromatic rings. The molecule has 2 N–H and O–H groups in total. The molecule has 0 saturated heterocycles. The van der Waals surface area contributed by atoms with Crippen LogP contribution in [-0.4, -0.2) is 4.98 Å². The highest BCUT2D eigenvalue weighted by Gasteiger charge is 2.08. The van der Waals surface area contributed by atoms with E-state index in [0.717, 1.165) is 5.01 Å². The summed E-state index contributed by atoms with van der Waals surface area (Å²) in [5, 5.41) is 2.74. The third kappa shape index (κ3) is 3.01. The molecule has 0 aliphatic heterocycles. The van der Waals surface area contributed by atoms with Crippen LogP contribution in [0.5, 0.6) is 5.75 Å². The Bertz CT molecular complexity index is 485. The summed E-state index contributed by atoms with van der Waals surface area (Å²) >= 11 is 1.50. The van der Waals surface area contributed by atoms with E-state index in [9.17, 15) is 4.39 Å². The number of aromatic nitrogens is 1. The molecule has 5 heteroatoms. The first kappa shape index (κ1) is 12.0. The predicted octanol–water partition coefficient (Wildman–Crippen LogP) is 2.88. The number of nitrogens with zero attached hydrogens (tertiary/aromatic N) is 1. The Morgan fingerprint density at radius 2 is 2.35 bits per heavy atom. The summed E-state index contributed by atoms with van der Waals surface area (Å²) in [4.78, 5) is 4.08. The van der Waals surface area contributed by atoms with Crippen molar-refractivity contribution in [2.45, 2.75) is 19.6 Å². The maximum Gasteiger partial charge on any atom is 0.140 e. The lowest BCUT2D eigenvalue weighted by atomic mass is 10.1. The molecule has 0 bridgehead atoms. The minimum atomic E-state index is -0.336. The Balaban J connectivity index is 2.05. The van der Waals surface area contributed by atoms with Crippen LogP contribution >= 0.6 is 11.3 Å². The van der Waals surface area contributed by atoms with Crippen molar-refractivity contribution in [3.63, 3.8) is 0 Å². The first-order chi connectivity index (χ1) is 8.16. The molecular weight excluding hydrogens is 239 g/mol. The van der Waals surface area contributed by atoms with E-state index in [1.54, 1.807) is 25.3 Å². The number of ether oxygens (including phenoxy) is 1.